The molecule has 4 N–H and O–H groups in total. The minimum Gasteiger partial charge on any atom is -0.481 e. The van der Waals surface area contributed by atoms with Gasteiger partial charge in [0.05, 0.1) is 18.9 Å². The Morgan fingerprint density at radius 2 is 1.55 bits per heavy atom. The Morgan fingerprint density at radius 3 is 2.09 bits per heavy atom. The van der Waals surface area contributed by atoms with Gasteiger partial charge in [0.2, 0.25) is 5.91 Å². The molecule has 1 aliphatic rings. The number of aliphatic hydroxyl groups excluding tert-OH is 1. The van der Waals surface area contributed by atoms with Crippen LogP contribution in [-0.4, -0.2) is 53.5 Å². The highest BCUT2D eigenvalue weighted by Crippen LogP contribution is 2.44. The number of hydrogen-bond donors (Lipinski definition) is 4. The summed E-state index contributed by atoms with van der Waals surface area (Å²) in [5.74, 6) is -1.62. The van der Waals surface area contributed by atoms with Crippen LogP contribution < -0.4 is 10.6 Å². The number of aliphatic hydroxyl groups is 1. The molecule has 1 aliphatic carbocycles. The molecule has 8 nitrogen and oxygen atoms in total. The van der Waals surface area contributed by atoms with E-state index in [-0.39, 0.29) is 37.8 Å². The molecule has 0 aliphatic heterocycles. The van der Waals surface area contributed by atoms with Crippen molar-refractivity contribution >= 4 is 18.0 Å². The number of ether oxygens (including phenoxy) is 1. The first-order valence-corrected chi connectivity index (χ1v) is 11.0. The Kier molecular flexibility index (Phi) is 8.06. The van der Waals surface area contributed by atoms with Gasteiger partial charge in [-0.05, 0) is 28.2 Å². The largest absolute Gasteiger partial charge is 0.481 e. The molecule has 0 aromatic heterocycles. The number of hydrogen-bond acceptors (Lipinski definition) is 5. The molecule has 8 heteroatoms. The SMILES string of the molecule is CC(C)[C@H](CC(=O)O)NC(=O)CC(O)CNC(=O)OCC1c2ccccc2-c2ccccc21. The third-order valence-corrected chi connectivity index (χ3v) is 5.79. The number of carboxylic acid groups (broad SMARTS) is 1. The summed E-state index contributed by atoms with van der Waals surface area (Å²) in [5.41, 5.74) is 4.46. The van der Waals surface area contributed by atoms with E-state index in [2.05, 4.69) is 22.8 Å². The van der Waals surface area contributed by atoms with Gasteiger partial charge in [-0.2, -0.15) is 0 Å². The average Bonchev–Trinajstić information content (AvgIpc) is 3.09. The molecule has 2 aromatic carbocycles. The van der Waals surface area contributed by atoms with Crippen LogP contribution in [0.5, 0.6) is 0 Å². The van der Waals surface area contributed by atoms with Gasteiger partial charge in [0.1, 0.15) is 6.61 Å². The molecule has 2 amide bonds. The van der Waals surface area contributed by atoms with E-state index in [1.165, 1.54) is 0 Å². The number of carbonyl (C=O) groups excluding carboxylic acids is 2. The highest BCUT2D eigenvalue weighted by atomic mass is 16.5. The van der Waals surface area contributed by atoms with Crippen LogP contribution in [0.4, 0.5) is 4.79 Å². The van der Waals surface area contributed by atoms with Crippen LogP contribution >= 0.6 is 0 Å². The predicted molar refractivity (Wildman–Crippen MR) is 123 cm³/mol. The number of carbonyl (C=O) groups is 3. The van der Waals surface area contributed by atoms with Gasteiger partial charge in [-0.25, -0.2) is 4.79 Å². The number of fused-ring (bicyclic) bond motifs is 3. The molecule has 176 valence electrons. The molecule has 2 aromatic rings. The van der Waals surface area contributed by atoms with E-state index in [0.717, 1.165) is 22.3 Å². The van der Waals surface area contributed by atoms with E-state index < -0.39 is 30.1 Å². The van der Waals surface area contributed by atoms with Crippen molar-refractivity contribution in [3.63, 3.8) is 0 Å². The standard InChI is InChI=1S/C25H30N2O6/c1-15(2)22(12-24(30)31)27-23(29)11-16(28)13-26-25(32)33-14-21-19-9-5-3-7-17(19)18-8-4-6-10-20(18)21/h3-10,15-16,21-22,28H,11-14H2,1-2H3,(H,26,32)(H,27,29)(H,30,31)/t16?,22-/m0/s1. The van der Waals surface area contributed by atoms with Crippen molar-refractivity contribution < 1.29 is 29.3 Å². The summed E-state index contributed by atoms with van der Waals surface area (Å²) in [5, 5.41) is 24.1. The van der Waals surface area contributed by atoms with Crippen LogP contribution in [0.2, 0.25) is 0 Å². The van der Waals surface area contributed by atoms with E-state index in [9.17, 15) is 19.5 Å². The van der Waals surface area contributed by atoms with E-state index in [1.807, 2.05) is 50.2 Å². The lowest BCUT2D eigenvalue weighted by Crippen LogP contribution is -2.42. The van der Waals surface area contributed by atoms with Gasteiger partial charge in [-0.3, -0.25) is 9.59 Å². The van der Waals surface area contributed by atoms with Crippen molar-refractivity contribution in [3.05, 3.63) is 59.7 Å². The fourth-order valence-corrected chi connectivity index (χ4v) is 4.04. The Bertz CT molecular complexity index is 960. The molecule has 3 rings (SSSR count). The highest BCUT2D eigenvalue weighted by Gasteiger charge is 2.29. The number of carboxylic acids is 1. The molecule has 0 saturated carbocycles. The van der Waals surface area contributed by atoms with Gasteiger partial charge >= 0.3 is 12.1 Å². The van der Waals surface area contributed by atoms with Gasteiger partial charge in [-0.15, -0.1) is 0 Å². The number of amides is 2. The summed E-state index contributed by atoms with van der Waals surface area (Å²) < 4.78 is 5.41. The van der Waals surface area contributed by atoms with Crippen molar-refractivity contribution in [1.29, 1.82) is 0 Å². The smallest absolute Gasteiger partial charge is 0.407 e. The van der Waals surface area contributed by atoms with Crippen molar-refractivity contribution in [2.24, 2.45) is 5.92 Å². The topological polar surface area (TPSA) is 125 Å². The number of aliphatic carboxylic acids is 1. The zero-order valence-electron chi connectivity index (χ0n) is 18.8. The number of alkyl carbamates (subject to hydrolysis) is 1. The maximum absolute atomic E-state index is 12.2. The van der Waals surface area contributed by atoms with Crippen LogP contribution in [0, 0.1) is 5.92 Å². The lowest BCUT2D eigenvalue weighted by molar-refractivity contribution is -0.138. The van der Waals surface area contributed by atoms with Gasteiger partial charge in [0, 0.05) is 18.5 Å². The lowest BCUT2D eigenvalue weighted by Gasteiger charge is -2.21. The van der Waals surface area contributed by atoms with E-state index in [4.69, 9.17) is 9.84 Å². The molecule has 0 saturated heterocycles. The first-order valence-electron chi connectivity index (χ1n) is 11.0. The second-order valence-electron chi connectivity index (χ2n) is 8.58. The monoisotopic (exact) mass is 454 g/mol. The first kappa shape index (κ1) is 24.3. The third-order valence-electron chi connectivity index (χ3n) is 5.79. The van der Waals surface area contributed by atoms with Crippen LogP contribution in [0.15, 0.2) is 48.5 Å². The predicted octanol–water partition coefficient (Wildman–Crippen LogP) is 2.89. The molecule has 0 fully saturated rings. The summed E-state index contributed by atoms with van der Waals surface area (Å²) >= 11 is 0. The van der Waals surface area contributed by atoms with Crippen LogP contribution in [0.25, 0.3) is 11.1 Å². The maximum Gasteiger partial charge on any atom is 0.407 e. The minimum atomic E-state index is -1.12. The van der Waals surface area contributed by atoms with Crippen LogP contribution in [-0.2, 0) is 14.3 Å². The van der Waals surface area contributed by atoms with Gasteiger partial charge < -0.3 is 25.6 Å². The summed E-state index contributed by atoms with van der Waals surface area (Å²) in [6.45, 7) is 3.61. The average molecular weight is 455 g/mol. The summed E-state index contributed by atoms with van der Waals surface area (Å²) in [4.78, 5) is 35.2. The third kappa shape index (κ3) is 6.32. The van der Waals surface area contributed by atoms with Gasteiger partial charge in [0.15, 0.2) is 0 Å². The first-order chi connectivity index (χ1) is 15.8. The normalized spacial score (nSPS) is 14.2. The van der Waals surface area contributed by atoms with E-state index >= 15 is 0 Å². The Labute approximate surface area is 193 Å². The highest BCUT2D eigenvalue weighted by molar-refractivity contribution is 5.79. The fraction of sp³-hybridized carbons (Fsp3) is 0.400. The molecule has 0 spiro atoms. The Morgan fingerprint density at radius 1 is 0.970 bits per heavy atom. The van der Waals surface area contributed by atoms with Crippen LogP contribution in [0.3, 0.4) is 0 Å². The van der Waals surface area contributed by atoms with Crippen molar-refractivity contribution in [3.8, 4) is 11.1 Å². The quantitative estimate of drug-likeness (QED) is 0.438. The Hall–Kier alpha value is -3.39. The van der Waals surface area contributed by atoms with Crippen LogP contribution in [0.1, 0.15) is 43.7 Å². The van der Waals surface area contributed by atoms with Crippen molar-refractivity contribution in [2.45, 2.75) is 44.8 Å². The maximum atomic E-state index is 12.2. The molecule has 0 radical (unpaired) electrons. The zero-order chi connectivity index (χ0) is 24.0. The minimum absolute atomic E-state index is 0.0684. The molecular formula is C25H30N2O6. The second-order valence-corrected chi connectivity index (χ2v) is 8.58. The van der Waals surface area contributed by atoms with Gasteiger partial charge in [-0.1, -0.05) is 62.4 Å². The molecule has 1 unspecified atom stereocenters. The molecule has 0 heterocycles. The second kappa shape index (κ2) is 11.0. The summed E-state index contributed by atoms with van der Waals surface area (Å²) in [6, 6.07) is 15.5. The lowest BCUT2D eigenvalue weighted by atomic mass is 9.98. The Balaban J connectivity index is 1.46. The molecule has 0 bridgehead atoms. The summed E-state index contributed by atoms with van der Waals surface area (Å²) in [6.07, 6.45) is -2.25. The number of benzene rings is 2. The van der Waals surface area contributed by atoms with Crippen molar-refractivity contribution in [2.75, 3.05) is 13.2 Å². The number of rotatable bonds is 10. The summed E-state index contributed by atoms with van der Waals surface area (Å²) in [7, 11) is 0. The van der Waals surface area contributed by atoms with Crippen molar-refractivity contribution in [1.82, 2.24) is 10.6 Å². The van der Waals surface area contributed by atoms with E-state index in [1.54, 1.807) is 0 Å². The molecular weight excluding hydrogens is 424 g/mol. The fourth-order valence-electron chi connectivity index (χ4n) is 4.04. The zero-order valence-corrected chi connectivity index (χ0v) is 18.8. The van der Waals surface area contributed by atoms with Gasteiger partial charge in [0.25, 0.3) is 0 Å². The molecule has 2 atom stereocenters. The van der Waals surface area contributed by atoms with E-state index in [0.29, 0.717) is 0 Å². The molecule has 33 heavy (non-hydrogen) atoms. The number of nitrogens with one attached hydrogen (secondary N) is 2.